The Balaban J connectivity index is 1.89. The van der Waals surface area contributed by atoms with Crippen molar-refractivity contribution < 1.29 is 4.39 Å². The highest BCUT2D eigenvalue weighted by molar-refractivity contribution is 9.10. The lowest BCUT2D eigenvalue weighted by atomic mass is 10.0. The molecule has 1 aromatic carbocycles. The Morgan fingerprint density at radius 1 is 1.41 bits per heavy atom. The molecule has 2 aliphatic rings. The van der Waals surface area contributed by atoms with Gasteiger partial charge in [0.2, 0.25) is 0 Å². The lowest BCUT2D eigenvalue weighted by Gasteiger charge is -2.37. The van der Waals surface area contributed by atoms with Crippen LogP contribution in [0.4, 0.5) is 4.39 Å². The van der Waals surface area contributed by atoms with Gasteiger partial charge in [-0.05, 0) is 51.5 Å². The highest BCUT2D eigenvalue weighted by Gasteiger charge is 2.26. The third-order valence-electron chi connectivity index (χ3n) is 5.28. The Morgan fingerprint density at radius 2 is 2.19 bits per heavy atom. The molecule has 0 bridgehead atoms. The van der Waals surface area contributed by atoms with E-state index in [0.29, 0.717) is 16.2 Å². The molecule has 0 amide bonds. The van der Waals surface area contributed by atoms with Gasteiger partial charge in [-0.15, -0.1) is 0 Å². The quantitative estimate of drug-likeness (QED) is 0.733. The van der Waals surface area contributed by atoms with Crippen LogP contribution in [0.5, 0.6) is 0 Å². The zero-order chi connectivity index (χ0) is 19.6. The van der Waals surface area contributed by atoms with E-state index in [1.807, 2.05) is 6.07 Å². The number of hydrogen-bond donors (Lipinski definition) is 2. The molecule has 1 saturated heterocycles. The van der Waals surface area contributed by atoms with Crippen LogP contribution in [0.1, 0.15) is 45.2 Å². The normalized spacial score (nSPS) is 21.3. The molecule has 27 heavy (non-hydrogen) atoms. The number of hydrogen-bond acceptors (Lipinski definition) is 4. The first-order valence-electron chi connectivity index (χ1n) is 9.59. The third-order valence-corrected chi connectivity index (χ3v) is 6.11. The zero-order valence-electron chi connectivity index (χ0n) is 16.2. The molecule has 1 unspecified atom stereocenters. The molecule has 0 aliphatic carbocycles. The summed E-state index contributed by atoms with van der Waals surface area (Å²) in [5.41, 5.74) is 10.7. The second-order valence-corrected chi connectivity index (χ2v) is 8.23. The Bertz CT molecular complexity index is 797. The van der Waals surface area contributed by atoms with Crippen LogP contribution in [0.25, 0.3) is 0 Å². The summed E-state index contributed by atoms with van der Waals surface area (Å²) in [5, 5.41) is 3.52. The van der Waals surface area contributed by atoms with Gasteiger partial charge >= 0.3 is 0 Å². The zero-order valence-corrected chi connectivity index (χ0v) is 17.8. The SMILES string of the molecule is CCC1=C(N)N=C(C(C)C)C=C(N2CCNC(c3cccc(F)c3Br)C2)C1. The van der Waals surface area contributed by atoms with Crippen LogP contribution in [-0.4, -0.2) is 30.2 Å². The maximum atomic E-state index is 14.0. The highest BCUT2D eigenvalue weighted by Crippen LogP contribution is 2.31. The Kier molecular flexibility index (Phi) is 6.37. The van der Waals surface area contributed by atoms with E-state index in [9.17, 15) is 4.39 Å². The molecule has 3 N–H and O–H groups in total. The van der Waals surface area contributed by atoms with Crippen LogP contribution >= 0.6 is 15.9 Å². The summed E-state index contributed by atoms with van der Waals surface area (Å²) in [6.07, 6.45) is 3.91. The lowest BCUT2D eigenvalue weighted by molar-refractivity contribution is 0.243. The second-order valence-electron chi connectivity index (χ2n) is 7.44. The van der Waals surface area contributed by atoms with Crippen molar-refractivity contribution >= 4 is 21.6 Å². The molecule has 1 atom stereocenters. The first-order valence-corrected chi connectivity index (χ1v) is 10.4. The van der Waals surface area contributed by atoms with E-state index in [2.05, 4.69) is 58.0 Å². The van der Waals surface area contributed by atoms with Crippen molar-refractivity contribution in [1.29, 1.82) is 0 Å². The Labute approximate surface area is 169 Å². The minimum absolute atomic E-state index is 0.0684. The van der Waals surface area contributed by atoms with Gasteiger partial charge in [0, 0.05) is 37.5 Å². The van der Waals surface area contributed by atoms with Gasteiger partial charge in [-0.3, -0.25) is 0 Å². The van der Waals surface area contributed by atoms with Crippen molar-refractivity contribution in [3.63, 3.8) is 0 Å². The average molecular weight is 435 g/mol. The smallest absolute Gasteiger partial charge is 0.137 e. The largest absolute Gasteiger partial charge is 0.384 e. The van der Waals surface area contributed by atoms with Crippen molar-refractivity contribution in [2.75, 3.05) is 19.6 Å². The molecule has 0 aromatic heterocycles. The standard InChI is InChI=1S/C21H28BrFN4/c1-4-14-10-15(11-18(13(2)3)26-21(14)24)27-9-8-25-19(12-27)16-6-5-7-17(23)20(16)22/h5-7,11,13,19,25H,4,8-10,12,24H2,1-3H3. The number of rotatable bonds is 4. The van der Waals surface area contributed by atoms with Gasteiger partial charge in [0.05, 0.1) is 10.5 Å². The predicted molar refractivity (Wildman–Crippen MR) is 113 cm³/mol. The molecular formula is C21H28BrFN4. The molecule has 2 aliphatic heterocycles. The van der Waals surface area contributed by atoms with E-state index in [-0.39, 0.29) is 11.9 Å². The lowest BCUT2D eigenvalue weighted by Crippen LogP contribution is -2.45. The van der Waals surface area contributed by atoms with Crippen molar-refractivity contribution in [2.24, 2.45) is 16.6 Å². The summed E-state index contributed by atoms with van der Waals surface area (Å²) in [5.74, 6) is 0.746. The maximum Gasteiger partial charge on any atom is 0.137 e. The number of nitrogens with two attached hydrogens (primary N) is 1. The monoisotopic (exact) mass is 434 g/mol. The number of aliphatic imine (C=N–C) groups is 1. The van der Waals surface area contributed by atoms with Crippen molar-refractivity contribution in [3.05, 3.63) is 57.2 Å². The molecule has 2 heterocycles. The van der Waals surface area contributed by atoms with Crippen LogP contribution in [0.2, 0.25) is 0 Å². The summed E-state index contributed by atoms with van der Waals surface area (Å²) < 4.78 is 14.5. The van der Waals surface area contributed by atoms with E-state index in [4.69, 9.17) is 5.73 Å². The van der Waals surface area contributed by atoms with Gasteiger partial charge in [0.15, 0.2) is 0 Å². The second kappa shape index (κ2) is 8.57. The number of piperazine rings is 1. The average Bonchev–Trinajstić information content (AvgIpc) is 2.83. The van der Waals surface area contributed by atoms with Crippen molar-refractivity contribution in [2.45, 2.75) is 39.7 Å². The number of nitrogens with one attached hydrogen (secondary N) is 1. The fourth-order valence-electron chi connectivity index (χ4n) is 3.60. The summed E-state index contributed by atoms with van der Waals surface area (Å²) in [6, 6.07) is 5.29. The van der Waals surface area contributed by atoms with E-state index < -0.39 is 0 Å². The van der Waals surface area contributed by atoms with Gasteiger partial charge in [-0.2, -0.15) is 0 Å². The maximum absolute atomic E-state index is 14.0. The topological polar surface area (TPSA) is 53.6 Å². The summed E-state index contributed by atoms with van der Waals surface area (Å²) in [7, 11) is 0. The molecule has 0 saturated carbocycles. The molecule has 3 rings (SSSR count). The van der Waals surface area contributed by atoms with Crippen LogP contribution in [0, 0.1) is 11.7 Å². The fraction of sp³-hybridized carbons (Fsp3) is 0.476. The van der Waals surface area contributed by atoms with E-state index in [1.165, 1.54) is 17.3 Å². The first kappa shape index (κ1) is 20.1. The first-order chi connectivity index (χ1) is 12.9. The van der Waals surface area contributed by atoms with E-state index in [1.54, 1.807) is 6.07 Å². The van der Waals surface area contributed by atoms with Gasteiger partial charge in [-0.25, -0.2) is 9.38 Å². The van der Waals surface area contributed by atoms with Gasteiger partial charge in [0.25, 0.3) is 0 Å². The number of nitrogens with zero attached hydrogens (tertiary/aromatic N) is 2. The summed E-state index contributed by atoms with van der Waals surface area (Å²) in [4.78, 5) is 7.07. The molecule has 1 aromatic rings. The van der Waals surface area contributed by atoms with E-state index >= 15 is 0 Å². The Morgan fingerprint density at radius 3 is 2.89 bits per heavy atom. The number of halogens is 2. The molecule has 6 heteroatoms. The number of allylic oxidation sites excluding steroid dienone is 2. The molecule has 146 valence electrons. The van der Waals surface area contributed by atoms with Crippen molar-refractivity contribution in [3.8, 4) is 0 Å². The van der Waals surface area contributed by atoms with Crippen LogP contribution in [0.15, 0.2) is 50.8 Å². The van der Waals surface area contributed by atoms with Crippen LogP contribution in [0.3, 0.4) is 0 Å². The van der Waals surface area contributed by atoms with Gasteiger partial charge in [-0.1, -0.05) is 32.9 Å². The number of benzene rings is 1. The van der Waals surface area contributed by atoms with Crippen LogP contribution < -0.4 is 11.1 Å². The highest BCUT2D eigenvalue weighted by atomic mass is 79.9. The predicted octanol–water partition coefficient (Wildman–Crippen LogP) is 4.50. The third kappa shape index (κ3) is 4.43. The molecule has 1 fully saturated rings. The van der Waals surface area contributed by atoms with Gasteiger partial charge < -0.3 is 16.0 Å². The molecule has 4 nitrogen and oxygen atoms in total. The molecular weight excluding hydrogens is 407 g/mol. The van der Waals surface area contributed by atoms with Crippen LogP contribution in [-0.2, 0) is 0 Å². The minimum Gasteiger partial charge on any atom is -0.384 e. The summed E-state index contributed by atoms with van der Waals surface area (Å²) in [6.45, 7) is 8.96. The summed E-state index contributed by atoms with van der Waals surface area (Å²) >= 11 is 3.41. The minimum atomic E-state index is -0.224. The van der Waals surface area contributed by atoms with E-state index in [0.717, 1.165) is 43.8 Å². The molecule has 0 radical (unpaired) electrons. The molecule has 0 spiro atoms. The van der Waals surface area contributed by atoms with Gasteiger partial charge in [0.1, 0.15) is 11.6 Å². The van der Waals surface area contributed by atoms with Crippen molar-refractivity contribution in [1.82, 2.24) is 10.2 Å². The Hall–Kier alpha value is -1.66. The fourth-order valence-corrected chi connectivity index (χ4v) is 4.14.